The van der Waals surface area contributed by atoms with E-state index in [2.05, 4.69) is 53.3 Å². The van der Waals surface area contributed by atoms with Gasteiger partial charge in [0.05, 0.1) is 0 Å². The molecule has 0 saturated heterocycles. The van der Waals surface area contributed by atoms with Gasteiger partial charge in [0.1, 0.15) is 0 Å². The van der Waals surface area contributed by atoms with Crippen LogP contribution in [-0.4, -0.2) is 9.49 Å². The molecule has 1 heteroatoms. The molecule has 0 radical (unpaired) electrons. The minimum Gasteiger partial charge on any atom is -0.149 e. The summed E-state index contributed by atoms with van der Waals surface area (Å²) in [6.07, 6.45) is 16.8. The lowest BCUT2D eigenvalue weighted by molar-refractivity contribution is 0.522. The van der Waals surface area contributed by atoms with Crippen LogP contribution < -0.4 is 0 Å². The Hall–Kier alpha value is 0.350. The maximum Gasteiger partial charge on any atom is 0.0109 e. The second-order valence-corrected chi connectivity index (χ2v) is 10.4. The summed E-state index contributed by atoms with van der Waals surface area (Å²) in [7, 11) is 0. The molecule has 0 saturated carbocycles. The molecule has 0 aliphatic rings. The van der Waals surface area contributed by atoms with Crippen LogP contribution in [0.1, 0.15) is 119 Å². The lowest BCUT2D eigenvalue weighted by atomic mass is 10.0. The van der Waals surface area contributed by atoms with Crippen molar-refractivity contribution in [3.8, 4) is 0 Å². The molecule has 0 atom stereocenters. The van der Waals surface area contributed by atoms with E-state index in [4.69, 9.17) is 0 Å². The van der Waals surface area contributed by atoms with E-state index in [1.807, 2.05) is 0 Å². The molecule has 0 aromatic heterocycles. The van der Waals surface area contributed by atoms with Crippen molar-refractivity contribution in [3.05, 3.63) is 0 Å². The molecule has 0 amide bonds. The molecule has 0 N–H and O–H groups in total. The zero-order chi connectivity index (χ0) is 16.2. The summed E-state index contributed by atoms with van der Waals surface area (Å²) in [6.45, 7) is 14.4. The summed E-state index contributed by atoms with van der Waals surface area (Å²) < 4.78 is 0.887. The van der Waals surface area contributed by atoms with Crippen LogP contribution in [0.5, 0.6) is 0 Å². The van der Waals surface area contributed by atoms with Gasteiger partial charge in [0.15, 0.2) is 0 Å². The van der Waals surface area contributed by atoms with Gasteiger partial charge < -0.3 is 0 Å². The molecule has 0 unspecified atom stereocenters. The van der Waals surface area contributed by atoms with Gasteiger partial charge in [-0.25, -0.2) is 0 Å². The first-order chi connectivity index (χ1) is 9.83. The van der Waals surface area contributed by atoms with E-state index < -0.39 is 0 Å². The van der Waals surface area contributed by atoms with E-state index in [1.54, 1.807) is 0 Å². The normalized spacial score (nSPS) is 12.9. The SMILES string of the molecule is CCCCCCCC(C)(C)SC(C)(C)CCCCCCC. The van der Waals surface area contributed by atoms with Crippen molar-refractivity contribution in [1.82, 2.24) is 0 Å². The quantitative estimate of drug-likeness (QED) is 0.293. The fourth-order valence-electron chi connectivity index (χ4n) is 3.16. The van der Waals surface area contributed by atoms with Crippen LogP contribution in [0.4, 0.5) is 0 Å². The Balaban J connectivity index is 3.87. The third-order valence-electron chi connectivity index (χ3n) is 4.32. The highest BCUT2D eigenvalue weighted by Crippen LogP contribution is 2.42. The number of hydrogen-bond acceptors (Lipinski definition) is 1. The highest BCUT2D eigenvalue weighted by atomic mass is 32.2. The fraction of sp³-hybridized carbons (Fsp3) is 1.00. The Morgan fingerprint density at radius 3 is 1.19 bits per heavy atom. The van der Waals surface area contributed by atoms with Crippen molar-refractivity contribution >= 4 is 11.8 Å². The molecule has 0 aromatic rings. The highest BCUT2D eigenvalue weighted by molar-refractivity contribution is 8.01. The van der Waals surface area contributed by atoms with Crippen LogP contribution in [0.25, 0.3) is 0 Å². The number of rotatable bonds is 14. The van der Waals surface area contributed by atoms with E-state index in [-0.39, 0.29) is 0 Å². The second kappa shape index (κ2) is 11.9. The van der Waals surface area contributed by atoms with Crippen molar-refractivity contribution in [3.63, 3.8) is 0 Å². The lowest BCUT2D eigenvalue weighted by Gasteiger charge is -2.35. The third kappa shape index (κ3) is 13.7. The van der Waals surface area contributed by atoms with Crippen LogP contribution in [-0.2, 0) is 0 Å². The maximum atomic E-state index is 2.45. The Kier molecular flexibility index (Phi) is 12.1. The van der Waals surface area contributed by atoms with Gasteiger partial charge in [-0.1, -0.05) is 106 Å². The first kappa shape index (κ1) is 21.4. The molecule has 21 heavy (non-hydrogen) atoms. The standard InChI is InChI=1S/C20H42S/c1-7-9-11-13-15-17-19(3,4)21-20(5,6)18-16-14-12-10-8-2/h7-18H2,1-6H3. The van der Waals surface area contributed by atoms with Crippen LogP contribution in [0, 0.1) is 0 Å². The Bertz CT molecular complexity index is 206. The zero-order valence-electron chi connectivity index (χ0n) is 15.9. The molecule has 0 nitrogen and oxygen atoms in total. The first-order valence-electron chi connectivity index (χ1n) is 9.53. The lowest BCUT2D eigenvalue weighted by Crippen LogP contribution is -2.26. The van der Waals surface area contributed by atoms with Gasteiger partial charge >= 0.3 is 0 Å². The molecule has 128 valence electrons. The van der Waals surface area contributed by atoms with Crippen molar-refractivity contribution in [1.29, 1.82) is 0 Å². The van der Waals surface area contributed by atoms with Gasteiger partial charge in [0.2, 0.25) is 0 Å². The third-order valence-corrected chi connectivity index (χ3v) is 5.83. The van der Waals surface area contributed by atoms with Crippen LogP contribution in [0.15, 0.2) is 0 Å². The summed E-state index contributed by atoms with van der Waals surface area (Å²) in [4.78, 5) is 0. The Morgan fingerprint density at radius 2 is 0.857 bits per heavy atom. The van der Waals surface area contributed by atoms with E-state index >= 15 is 0 Å². The van der Waals surface area contributed by atoms with Gasteiger partial charge in [-0.3, -0.25) is 0 Å². The van der Waals surface area contributed by atoms with E-state index in [0.717, 1.165) is 0 Å². The Labute approximate surface area is 140 Å². The molecule has 0 aliphatic heterocycles. The van der Waals surface area contributed by atoms with Gasteiger partial charge in [0, 0.05) is 9.49 Å². The van der Waals surface area contributed by atoms with Crippen LogP contribution in [0.3, 0.4) is 0 Å². The summed E-state index contributed by atoms with van der Waals surface area (Å²) >= 11 is 2.23. The highest BCUT2D eigenvalue weighted by Gasteiger charge is 2.28. The fourth-order valence-corrected chi connectivity index (χ4v) is 5.15. The number of unbranched alkanes of at least 4 members (excludes halogenated alkanes) is 8. The molecular formula is C20H42S. The molecule has 0 bridgehead atoms. The van der Waals surface area contributed by atoms with E-state index in [0.29, 0.717) is 9.49 Å². The predicted octanol–water partition coefficient (Wildman–Crippen LogP) is 8.00. The van der Waals surface area contributed by atoms with Crippen molar-refractivity contribution < 1.29 is 0 Å². The molecule has 0 heterocycles. The minimum atomic E-state index is 0.444. The number of thioether (sulfide) groups is 1. The van der Waals surface area contributed by atoms with Gasteiger partial charge in [0.25, 0.3) is 0 Å². The van der Waals surface area contributed by atoms with E-state index in [1.165, 1.54) is 77.0 Å². The zero-order valence-corrected chi connectivity index (χ0v) is 16.7. The second-order valence-electron chi connectivity index (χ2n) is 7.95. The molecule has 0 fully saturated rings. The largest absolute Gasteiger partial charge is 0.149 e. The Morgan fingerprint density at radius 1 is 0.524 bits per heavy atom. The first-order valence-corrected chi connectivity index (χ1v) is 10.3. The molecule has 0 spiro atoms. The minimum absolute atomic E-state index is 0.444. The molecule has 0 aromatic carbocycles. The summed E-state index contributed by atoms with van der Waals surface area (Å²) in [6, 6.07) is 0. The summed E-state index contributed by atoms with van der Waals surface area (Å²) in [5.41, 5.74) is 0. The van der Waals surface area contributed by atoms with Crippen molar-refractivity contribution in [2.75, 3.05) is 0 Å². The van der Waals surface area contributed by atoms with Crippen molar-refractivity contribution in [2.45, 2.75) is 128 Å². The average molecular weight is 315 g/mol. The molecular weight excluding hydrogens is 272 g/mol. The monoisotopic (exact) mass is 314 g/mol. The average Bonchev–Trinajstić information content (AvgIpc) is 2.36. The molecule has 0 aliphatic carbocycles. The molecule has 0 rings (SSSR count). The number of hydrogen-bond donors (Lipinski definition) is 0. The smallest absolute Gasteiger partial charge is 0.0109 e. The van der Waals surface area contributed by atoms with Gasteiger partial charge in [-0.05, 0) is 12.8 Å². The van der Waals surface area contributed by atoms with Crippen molar-refractivity contribution in [2.24, 2.45) is 0 Å². The predicted molar refractivity (Wildman–Crippen MR) is 103 cm³/mol. The van der Waals surface area contributed by atoms with Crippen LogP contribution >= 0.6 is 11.8 Å². The van der Waals surface area contributed by atoms with Gasteiger partial charge in [-0.15, -0.1) is 11.8 Å². The summed E-state index contributed by atoms with van der Waals surface area (Å²) in [5.74, 6) is 0. The van der Waals surface area contributed by atoms with E-state index in [9.17, 15) is 0 Å². The maximum absolute atomic E-state index is 2.45. The van der Waals surface area contributed by atoms with Crippen LogP contribution in [0.2, 0.25) is 0 Å². The topological polar surface area (TPSA) is 0 Å². The summed E-state index contributed by atoms with van der Waals surface area (Å²) in [5, 5.41) is 0. The van der Waals surface area contributed by atoms with Gasteiger partial charge in [-0.2, -0.15) is 0 Å².